The summed E-state index contributed by atoms with van der Waals surface area (Å²) in [6.07, 6.45) is 1.22. The summed E-state index contributed by atoms with van der Waals surface area (Å²) in [6, 6.07) is 1.14. The van der Waals surface area contributed by atoms with Gasteiger partial charge in [0.1, 0.15) is 10.6 Å². The summed E-state index contributed by atoms with van der Waals surface area (Å²) >= 11 is 1.01. The molecule has 0 aliphatic rings. The van der Waals surface area contributed by atoms with Gasteiger partial charge in [0.25, 0.3) is 11.6 Å². The number of carboxylic acid groups (broad SMARTS) is 1. The number of carbonyl (C=O) groups excluding carboxylic acids is 1. The number of nitrogens with one attached hydrogen (secondary N) is 1. The van der Waals surface area contributed by atoms with Gasteiger partial charge in [-0.1, -0.05) is 0 Å². The van der Waals surface area contributed by atoms with Crippen molar-refractivity contribution in [1.29, 1.82) is 0 Å². The van der Waals surface area contributed by atoms with Gasteiger partial charge in [0.2, 0.25) is 0 Å². The van der Waals surface area contributed by atoms with Crippen LogP contribution in [0.25, 0.3) is 0 Å². The average Bonchev–Trinajstić information content (AvgIpc) is 2.94. The van der Waals surface area contributed by atoms with E-state index in [1.165, 1.54) is 17.8 Å². The zero-order valence-corrected chi connectivity index (χ0v) is 11.9. The predicted octanol–water partition coefficient (Wildman–Crippen LogP) is 2.25. The lowest BCUT2D eigenvalue weighted by atomic mass is 10.2. The van der Waals surface area contributed by atoms with Gasteiger partial charge in [-0.25, -0.2) is 4.79 Å². The van der Waals surface area contributed by atoms with Crippen molar-refractivity contribution in [3.63, 3.8) is 0 Å². The monoisotopic (exact) mass is 309 g/mol. The number of aromatic nitrogens is 1. The van der Waals surface area contributed by atoms with Crippen molar-refractivity contribution in [2.75, 3.05) is 5.32 Å². The zero-order valence-electron chi connectivity index (χ0n) is 11.1. The van der Waals surface area contributed by atoms with Crippen molar-refractivity contribution in [1.82, 2.24) is 4.57 Å². The van der Waals surface area contributed by atoms with Gasteiger partial charge in [-0.05, 0) is 17.9 Å². The zero-order chi connectivity index (χ0) is 15.7. The second-order valence-corrected chi connectivity index (χ2v) is 5.21. The van der Waals surface area contributed by atoms with Crippen LogP contribution in [0.2, 0.25) is 0 Å². The quantitative estimate of drug-likeness (QED) is 0.664. The summed E-state index contributed by atoms with van der Waals surface area (Å²) in [4.78, 5) is 33.3. The first-order valence-corrected chi connectivity index (χ1v) is 6.62. The molecule has 0 saturated carbocycles. The maximum Gasteiger partial charge on any atom is 0.348 e. The highest BCUT2D eigenvalue weighted by Crippen LogP contribution is 2.28. The van der Waals surface area contributed by atoms with Gasteiger partial charge < -0.3 is 15.0 Å². The van der Waals surface area contributed by atoms with Gasteiger partial charge in [0, 0.05) is 13.1 Å². The Morgan fingerprint density at radius 1 is 1.48 bits per heavy atom. The number of carboxylic acids is 1. The van der Waals surface area contributed by atoms with E-state index in [-0.39, 0.29) is 21.9 Å². The van der Waals surface area contributed by atoms with Crippen LogP contribution in [0.1, 0.15) is 25.7 Å². The maximum atomic E-state index is 12.2. The number of nitrogens with zero attached hydrogens (tertiary/aromatic N) is 2. The van der Waals surface area contributed by atoms with Crippen LogP contribution in [0.4, 0.5) is 11.4 Å². The van der Waals surface area contributed by atoms with E-state index in [4.69, 9.17) is 5.11 Å². The molecule has 0 aromatic carbocycles. The van der Waals surface area contributed by atoms with E-state index in [9.17, 15) is 19.7 Å². The highest BCUT2D eigenvalue weighted by molar-refractivity contribution is 7.12. The fourth-order valence-corrected chi connectivity index (χ4v) is 2.65. The molecule has 21 heavy (non-hydrogen) atoms. The summed E-state index contributed by atoms with van der Waals surface area (Å²) in [5.74, 6) is -1.74. The molecular formula is C12H11N3O5S. The van der Waals surface area contributed by atoms with E-state index >= 15 is 0 Å². The van der Waals surface area contributed by atoms with Crippen molar-refractivity contribution in [2.45, 2.75) is 6.92 Å². The Hall–Kier alpha value is -2.68. The molecule has 0 radical (unpaired) electrons. The Bertz CT molecular complexity index is 746. The van der Waals surface area contributed by atoms with Crippen LogP contribution in [-0.2, 0) is 7.05 Å². The molecule has 0 saturated heterocycles. The van der Waals surface area contributed by atoms with E-state index in [0.29, 0.717) is 5.56 Å². The van der Waals surface area contributed by atoms with E-state index in [1.54, 1.807) is 12.3 Å². The minimum Gasteiger partial charge on any atom is -0.477 e. The second-order valence-electron chi connectivity index (χ2n) is 4.33. The van der Waals surface area contributed by atoms with Gasteiger partial charge in [0.15, 0.2) is 0 Å². The maximum absolute atomic E-state index is 12.2. The minimum atomic E-state index is -1.14. The van der Waals surface area contributed by atoms with Crippen LogP contribution >= 0.6 is 11.3 Å². The molecule has 0 fully saturated rings. The van der Waals surface area contributed by atoms with E-state index in [0.717, 1.165) is 17.4 Å². The number of hydrogen-bond acceptors (Lipinski definition) is 5. The highest BCUT2D eigenvalue weighted by Gasteiger charge is 2.21. The molecule has 9 heteroatoms. The Labute approximate surface area is 122 Å². The van der Waals surface area contributed by atoms with Gasteiger partial charge in [-0.2, -0.15) is 0 Å². The Balaban J connectivity index is 2.33. The number of nitro groups is 1. The SMILES string of the molecule is Cc1csc(C(=O)O)c1NC(=O)c1cc([N+](=O)[O-])cn1C. The third-order valence-corrected chi connectivity index (χ3v) is 3.93. The fourth-order valence-electron chi connectivity index (χ4n) is 1.81. The first-order chi connectivity index (χ1) is 9.81. The molecule has 8 nitrogen and oxygen atoms in total. The Morgan fingerprint density at radius 3 is 2.67 bits per heavy atom. The van der Waals surface area contributed by atoms with Crippen LogP contribution in [0.5, 0.6) is 0 Å². The van der Waals surface area contributed by atoms with Gasteiger partial charge in [0.05, 0.1) is 16.8 Å². The molecule has 0 bridgehead atoms. The Kier molecular flexibility index (Phi) is 3.76. The molecule has 2 aromatic heterocycles. The van der Waals surface area contributed by atoms with Crippen LogP contribution in [-0.4, -0.2) is 26.5 Å². The smallest absolute Gasteiger partial charge is 0.348 e. The number of aromatic carboxylic acids is 1. The molecule has 0 aliphatic carbocycles. The molecule has 0 aliphatic heterocycles. The molecular weight excluding hydrogens is 298 g/mol. The molecule has 0 unspecified atom stereocenters. The topological polar surface area (TPSA) is 114 Å². The third-order valence-electron chi connectivity index (χ3n) is 2.84. The first-order valence-electron chi connectivity index (χ1n) is 5.74. The third kappa shape index (κ3) is 2.77. The molecule has 2 rings (SSSR count). The van der Waals surface area contributed by atoms with Crippen molar-refractivity contribution >= 4 is 34.6 Å². The summed E-state index contributed by atoms with van der Waals surface area (Å²) in [5.41, 5.74) is 0.697. The lowest BCUT2D eigenvalue weighted by Gasteiger charge is -2.06. The van der Waals surface area contributed by atoms with Crippen LogP contribution in [0.15, 0.2) is 17.6 Å². The Morgan fingerprint density at radius 2 is 2.14 bits per heavy atom. The lowest BCUT2D eigenvalue weighted by molar-refractivity contribution is -0.384. The molecule has 2 aromatic rings. The van der Waals surface area contributed by atoms with E-state index < -0.39 is 16.8 Å². The minimum absolute atomic E-state index is 0.0181. The van der Waals surface area contributed by atoms with Crippen molar-refractivity contribution in [2.24, 2.45) is 7.05 Å². The van der Waals surface area contributed by atoms with Crippen molar-refractivity contribution in [3.8, 4) is 0 Å². The van der Waals surface area contributed by atoms with Gasteiger partial charge in [-0.15, -0.1) is 11.3 Å². The number of amides is 1. The second kappa shape index (κ2) is 5.37. The average molecular weight is 309 g/mol. The molecule has 110 valence electrons. The standard InChI is InChI=1S/C12H11N3O5S/c1-6-5-21-10(12(17)18)9(6)13-11(16)8-3-7(15(19)20)4-14(8)2/h3-5H,1-2H3,(H,13,16)(H,17,18). The highest BCUT2D eigenvalue weighted by atomic mass is 32.1. The van der Waals surface area contributed by atoms with E-state index in [2.05, 4.69) is 5.32 Å². The van der Waals surface area contributed by atoms with Gasteiger partial charge >= 0.3 is 5.97 Å². The molecule has 2 heterocycles. The molecule has 0 spiro atoms. The summed E-state index contributed by atoms with van der Waals surface area (Å²) in [6.45, 7) is 1.67. The number of carbonyl (C=O) groups is 2. The number of thiophene rings is 1. The number of anilines is 1. The van der Waals surface area contributed by atoms with Crippen LogP contribution in [0, 0.1) is 17.0 Å². The van der Waals surface area contributed by atoms with Crippen LogP contribution in [0.3, 0.4) is 0 Å². The molecule has 2 N–H and O–H groups in total. The fraction of sp³-hybridized carbons (Fsp3) is 0.167. The number of aryl methyl sites for hydroxylation is 2. The molecule has 0 atom stereocenters. The lowest BCUT2D eigenvalue weighted by Crippen LogP contribution is -2.17. The number of rotatable bonds is 4. The normalized spacial score (nSPS) is 10.4. The summed E-state index contributed by atoms with van der Waals surface area (Å²) in [7, 11) is 1.50. The van der Waals surface area contributed by atoms with E-state index in [1.807, 2.05) is 0 Å². The predicted molar refractivity (Wildman–Crippen MR) is 76.0 cm³/mol. The van der Waals surface area contributed by atoms with Crippen LogP contribution < -0.4 is 5.32 Å². The summed E-state index contributed by atoms with van der Waals surface area (Å²) in [5, 5.41) is 23.9. The van der Waals surface area contributed by atoms with Crippen molar-refractivity contribution < 1.29 is 19.6 Å². The molecule has 1 amide bonds. The number of hydrogen-bond donors (Lipinski definition) is 2. The largest absolute Gasteiger partial charge is 0.477 e. The van der Waals surface area contributed by atoms with Crippen molar-refractivity contribution in [3.05, 3.63) is 43.9 Å². The summed E-state index contributed by atoms with van der Waals surface area (Å²) < 4.78 is 1.32. The first kappa shape index (κ1) is 14.7. The van der Waals surface area contributed by atoms with Gasteiger partial charge in [-0.3, -0.25) is 14.9 Å².